The molecule has 0 spiro atoms. The molecule has 0 radical (unpaired) electrons. The lowest BCUT2D eigenvalue weighted by molar-refractivity contribution is -0.134. The number of carbonyl (C=O) groups is 1. The highest BCUT2D eigenvalue weighted by Crippen LogP contribution is 2.38. The van der Waals surface area contributed by atoms with Crippen molar-refractivity contribution in [3.05, 3.63) is 0 Å². The van der Waals surface area contributed by atoms with Crippen LogP contribution in [0.15, 0.2) is 0 Å². The Kier molecular flexibility index (Phi) is 4.34. The molecule has 1 aliphatic carbocycles. The predicted molar refractivity (Wildman–Crippen MR) is 81.4 cm³/mol. The van der Waals surface area contributed by atoms with E-state index in [2.05, 4.69) is 24.1 Å². The lowest BCUT2D eigenvalue weighted by Crippen LogP contribution is -2.46. The molecule has 0 aromatic heterocycles. The van der Waals surface area contributed by atoms with Crippen LogP contribution < -0.4 is 5.32 Å². The van der Waals surface area contributed by atoms with Gasteiger partial charge in [0.05, 0.1) is 6.04 Å². The lowest BCUT2D eigenvalue weighted by atomic mass is 9.89. The zero-order valence-corrected chi connectivity index (χ0v) is 13.1. The van der Waals surface area contributed by atoms with Gasteiger partial charge in [-0.1, -0.05) is 20.3 Å². The quantitative estimate of drug-likeness (QED) is 0.842. The maximum atomic E-state index is 12.8. The summed E-state index contributed by atoms with van der Waals surface area (Å²) in [5, 5.41) is 3.52. The molecule has 2 saturated heterocycles. The van der Waals surface area contributed by atoms with Crippen LogP contribution in [0.2, 0.25) is 0 Å². The van der Waals surface area contributed by atoms with Crippen molar-refractivity contribution in [1.29, 1.82) is 0 Å². The second-order valence-electron chi connectivity index (χ2n) is 7.50. The molecule has 2 aliphatic heterocycles. The molecule has 3 fully saturated rings. The average Bonchev–Trinajstić information content (AvgIpc) is 2.93. The number of fused-ring (bicyclic) bond motifs is 1. The third-order valence-electron chi connectivity index (χ3n) is 6.04. The van der Waals surface area contributed by atoms with Crippen LogP contribution in [0.5, 0.6) is 0 Å². The molecule has 3 aliphatic rings. The van der Waals surface area contributed by atoms with Gasteiger partial charge in [0, 0.05) is 13.1 Å². The zero-order chi connectivity index (χ0) is 14.1. The highest BCUT2D eigenvalue weighted by Gasteiger charge is 2.43. The average molecular weight is 278 g/mol. The first-order valence-corrected chi connectivity index (χ1v) is 8.69. The summed E-state index contributed by atoms with van der Waals surface area (Å²) in [4.78, 5) is 15.0. The highest BCUT2D eigenvalue weighted by molar-refractivity contribution is 5.82. The predicted octanol–water partition coefficient (Wildman–Crippen LogP) is 2.66. The van der Waals surface area contributed by atoms with Gasteiger partial charge in [0.25, 0.3) is 0 Å². The van der Waals surface area contributed by atoms with Crippen molar-refractivity contribution in [2.75, 3.05) is 19.6 Å². The molecule has 3 nitrogen and oxygen atoms in total. The van der Waals surface area contributed by atoms with Gasteiger partial charge in [0.2, 0.25) is 5.91 Å². The molecular formula is C17H30N2O. The third-order valence-corrected chi connectivity index (χ3v) is 6.04. The Labute approximate surface area is 123 Å². The SMILES string of the molecule is CC(C)C1CCCN(C(=O)C2NCC3CCCC32)CC1. The van der Waals surface area contributed by atoms with Gasteiger partial charge in [0.1, 0.15) is 0 Å². The van der Waals surface area contributed by atoms with E-state index in [4.69, 9.17) is 0 Å². The number of hydrogen-bond donors (Lipinski definition) is 1. The van der Waals surface area contributed by atoms with Gasteiger partial charge in [-0.2, -0.15) is 0 Å². The number of nitrogens with zero attached hydrogens (tertiary/aromatic N) is 1. The van der Waals surface area contributed by atoms with Crippen LogP contribution in [0.1, 0.15) is 52.4 Å². The van der Waals surface area contributed by atoms with Crippen molar-refractivity contribution in [3.8, 4) is 0 Å². The first-order valence-electron chi connectivity index (χ1n) is 8.69. The molecule has 2 heterocycles. The van der Waals surface area contributed by atoms with E-state index in [1.54, 1.807) is 0 Å². The summed E-state index contributed by atoms with van der Waals surface area (Å²) < 4.78 is 0. The largest absolute Gasteiger partial charge is 0.341 e. The van der Waals surface area contributed by atoms with E-state index in [0.29, 0.717) is 11.8 Å². The Morgan fingerprint density at radius 2 is 1.95 bits per heavy atom. The van der Waals surface area contributed by atoms with Gasteiger partial charge in [-0.3, -0.25) is 4.79 Å². The van der Waals surface area contributed by atoms with E-state index in [1.165, 1.54) is 38.5 Å². The molecule has 4 unspecified atom stereocenters. The minimum Gasteiger partial charge on any atom is -0.341 e. The number of likely N-dealkylation sites (tertiary alicyclic amines) is 1. The van der Waals surface area contributed by atoms with Crippen LogP contribution in [0, 0.1) is 23.7 Å². The van der Waals surface area contributed by atoms with Crippen molar-refractivity contribution in [3.63, 3.8) is 0 Å². The molecule has 1 N–H and O–H groups in total. The van der Waals surface area contributed by atoms with E-state index in [0.717, 1.165) is 37.4 Å². The van der Waals surface area contributed by atoms with Crippen LogP contribution in [0.3, 0.4) is 0 Å². The fourth-order valence-corrected chi connectivity index (χ4v) is 4.66. The first-order chi connectivity index (χ1) is 9.66. The van der Waals surface area contributed by atoms with Crippen molar-refractivity contribution in [1.82, 2.24) is 10.2 Å². The van der Waals surface area contributed by atoms with Crippen LogP contribution in [0.25, 0.3) is 0 Å². The summed E-state index contributed by atoms with van der Waals surface area (Å²) in [6.07, 6.45) is 7.61. The molecule has 20 heavy (non-hydrogen) atoms. The summed E-state index contributed by atoms with van der Waals surface area (Å²) in [5.74, 6) is 3.38. The topological polar surface area (TPSA) is 32.3 Å². The van der Waals surface area contributed by atoms with E-state index in [1.807, 2.05) is 0 Å². The van der Waals surface area contributed by atoms with Crippen molar-refractivity contribution >= 4 is 5.91 Å². The highest BCUT2D eigenvalue weighted by atomic mass is 16.2. The van der Waals surface area contributed by atoms with E-state index in [-0.39, 0.29) is 6.04 Å². The monoisotopic (exact) mass is 278 g/mol. The van der Waals surface area contributed by atoms with Gasteiger partial charge in [-0.15, -0.1) is 0 Å². The molecule has 4 atom stereocenters. The normalized spacial score (nSPS) is 38.0. The molecule has 3 rings (SSSR count). The Morgan fingerprint density at radius 1 is 1.10 bits per heavy atom. The third kappa shape index (κ3) is 2.74. The van der Waals surface area contributed by atoms with Crippen LogP contribution in [0.4, 0.5) is 0 Å². The summed E-state index contributed by atoms with van der Waals surface area (Å²) >= 11 is 0. The minimum absolute atomic E-state index is 0.137. The lowest BCUT2D eigenvalue weighted by Gasteiger charge is -2.27. The number of amides is 1. The molecule has 1 amide bonds. The van der Waals surface area contributed by atoms with Crippen LogP contribution >= 0.6 is 0 Å². The minimum atomic E-state index is 0.137. The number of hydrogen-bond acceptors (Lipinski definition) is 2. The molecule has 3 heteroatoms. The van der Waals surface area contributed by atoms with E-state index < -0.39 is 0 Å². The maximum Gasteiger partial charge on any atom is 0.240 e. The van der Waals surface area contributed by atoms with Crippen molar-refractivity contribution < 1.29 is 4.79 Å². The zero-order valence-electron chi connectivity index (χ0n) is 13.1. The molecule has 0 bridgehead atoms. The summed E-state index contributed by atoms with van der Waals surface area (Å²) in [6.45, 7) is 7.69. The molecule has 0 aromatic rings. The Morgan fingerprint density at radius 3 is 2.75 bits per heavy atom. The summed E-state index contributed by atoms with van der Waals surface area (Å²) in [7, 11) is 0. The fraction of sp³-hybridized carbons (Fsp3) is 0.941. The van der Waals surface area contributed by atoms with Gasteiger partial charge >= 0.3 is 0 Å². The Bertz CT molecular complexity index is 355. The molecular weight excluding hydrogens is 248 g/mol. The first kappa shape index (κ1) is 14.4. The van der Waals surface area contributed by atoms with Gasteiger partial charge in [0.15, 0.2) is 0 Å². The van der Waals surface area contributed by atoms with E-state index in [9.17, 15) is 4.79 Å². The molecule has 114 valence electrons. The summed E-state index contributed by atoms with van der Waals surface area (Å²) in [6, 6.07) is 0.137. The maximum absolute atomic E-state index is 12.8. The van der Waals surface area contributed by atoms with Crippen molar-refractivity contribution in [2.45, 2.75) is 58.4 Å². The summed E-state index contributed by atoms with van der Waals surface area (Å²) in [5.41, 5.74) is 0. The van der Waals surface area contributed by atoms with Gasteiger partial charge in [-0.25, -0.2) is 0 Å². The van der Waals surface area contributed by atoms with Gasteiger partial charge in [-0.05, 0) is 62.3 Å². The van der Waals surface area contributed by atoms with Crippen LogP contribution in [-0.2, 0) is 4.79 Å². The van der Waals surface area contributed by atoms with Crippen LogP contribution in [-0.4, -0.2) is 36.5 Å². The second kappa shape index (κ2) is 6.05. The fourth-order valence-electron chi connectivity index (χ4n) is 4.66. The molecule has 1 saturated carbocycles. The standard InChI is InChI=1S/C17H30N2O/c1-12(2)13-6-4-9-19(10-8-13)17(20)16-15-7-3-5-14(15)11-18-16/h12-16,18H,3-11H2,1-2H3. The van der Waals surface area contributed by atoms with E-state index >= 15 is 0 Å². The van der Waals surface area contributed by atoms with Crippen molar-refractivity contribution in [2.24, 2.45) is 23.7 Å². The smallest absolute Gasteiger partial charge is 0.240 e. The number of nitrogens with one attached hydrogen (secondary N) is 1. The Balaban J connectivity index is 1.60. The second-order valence-corrected chi connectivity index (χ2v) is 7.50. The Hall–Kier alpha value is -0.570. The number of rotatable bonds is 2. The number of carbonyl (C=O) groups excluding carboxylic acids is 1. The molecule has 0 aromatic carbocycles. The van der Waals surface area contributed by atoms with Gasteiger partial charge < -0.3 is 10.2 Å².